The van der Waals surface area contributed by atoms with Gasteiger partial charge in [-0.25, -0.2) is 0 Å². The number of para-hydroxylation sites is 1. The Hall–Kier alpha value is -1.82. The van der Waals surface area contributed by atoms with E-state index in [0.29, 0.717) is 0 Å². The van der Waals surface area contributed by atoms with Crippen LogP contribution in [0.2, 0.25) is 0 Å². The molecule has 2 aromatic rings. The highest BCUT2D eigenvalue weighted by atomic mass is 19.5. The van der Waals surface area contributed by atoms with Gasteiger partial charge in [0.15, 0.2) is 0 Å². The molecule has 2 aromatic carbocycles. The molecular weight excluding hydrogens is 305 g/mol. The molecule has 0 N–H and O–H groups in total. The van der Waals surface area contributed by atoms with Crippen LogP contribution in [0.25, 0.3) is 0 Å². The van der Waals surface area contributed by atoms with Gasteiger partial charge in [-0.15, -0.1) is 0 Å². The van der Waals surface area contributed by atoms with Crippen molar-refractivity contribution >= 4 is 12.9 Å². The maximum atomic E-state index is 9.75. The Balaban J connectivity index is 0.000000463. The van der Waals surface area contributed by atoms with Crippen LogP contribution in [0.15, 0.2) is 60.7 Å². The summed E-state index contributed by atoms with van der Waals surface area (Å²) in [5.41, 5.74) is 2.82. The molecule has 1 nitrogen and oxygen atoms in total. The van der Waals surface area contributed by atoms with E-state index in [1.54, 1.807) is 0 Å². The van der Waals surface area contributed by atoms with Crippen LogP contribution in [-0.2, 0) is 6.54 Å². The van der Waals surface area contributed by atoms with Crippen molar-refractivity contribution < 1.29 is 17.3 Å². The molecule has 0 unspecified atom stereocenters. The van der Waals surface area contributed by atoms with Crippen LogP contribution in [0.1, 0.15) is 19.4 Å². The summed E-state index contributed by atoms with van der Waals surface area (Å²) in [6.45, 7) is 7.86. The predicted molar refractivity (Wildman–Crippen MR) is 89.7 cm³/mol. The monoisotopic (exact) mass is 327 g/mol. The SMILES string of the molecule is CC[N+](CC)(Cc1ccccc1)c1ccccc1.F[B-](F)(F)F. The standard InChI is InChI=1S/C17H22N.BF4/c1-3-18(4-2,17-13-9-6-10-14-17)15-16-11-7-5-8-12-16;2-1(3,4)5/h5-14H,3-4,15H2,1-2H3;/q+1;-1. The minimum absolute atomic E-state index is 1.02. The molecule has 0 atom stereocenters. The molecule has 0 spiro atoms. The fraction of sp³-hybridized carbons (Fsp3) is 0.294. The van der Waals surface area contributed by atoms with Gasteiger partial charge in [0.25, 0.3) is 0 Å². The van der Waals surface area contributed by atoms with Gasteiger partial charge in [0.2, 0.25) is 0 Å². The first-order chi connectivity index (χ1) is 10.8. The van der Waals surface area contributed by atoms with Gasteiger partial charge < -0.3 is 17.3 Å². The lowest BCUT2D eigenvalue weighted by Gasteiger charge is -2.36. The zero-order chi connectivity index (χ0) is 17.3. The van der Waals surface area contributed by atoms with Gasteiger partial charge in [0, 0.05) is 5.56 Å². The summed E-state index contributed by atoms with van der Waals surface area (Å²) in [7, 11) is -6.00. The lowest BCUT2D eigenvalue weighted by molar-refractivity contribution is 0.292. The summed E-state index contributed by atoms with van der Waals surface area (Å²) >= 11 is 0. The van der Waals surface area contributed by atoms with Gasteiger partial charge in [0.05, 0.1) is 13.1 Å². The molecule has 0 radical (unpaired) electrons. The number of hydrogen-bond acceptors (Lipinski definition) is 0. The summed E-state index contributed by atoms with van der Waals surface area (Å²) in [5, 5.41) is 0. The van der Waals surface area contributed by atoms with Crippen molar-refractivity contribution in [3.63, 3.8) is 0 Å². The highest BCUT2D eigenvalue weighted by molar-refractivity contribution is 6.50. The number of rotatable bonds is 5. The molecule has 0 fully saturated rings. The van der Waals surface area contributed by atoms with Crippen molar-refractivity contribution in [2.24, 2.45) is 0 Å². The second-order valence-electron chi connectivity index (χ2n) is 5.25. The van der Waals surface area contributed by atoms with E-state index in [2.05, 4.69) is 74.5 Å². The summed E-state index contributed by atoms with van der Waals surface area (Å²) in [4.78, 5) is 0. The Bertz CT molecular complexity index is 548. The molecule has 0 aliphatic heterocycles. The van der Waals surface area contributed by atoms with Gasteiger partial charge in [-0.05, 0) is 26.0 Å². The van der Waals surface area contributed by atoms with E-state index in [4.69, 9.17) is 0 Å². The van der Waals surface area contributed by atoms with Crippen molar-refractivity contribution in [3.05, 3.63) is 66.2 Å². The number of nitrogens with zero attached hydrogens (tertiary/aromatic N) is 1. The molecule has 0 saturated heterocycles. The van der Waals surface area contributed by atoms with E-state index in [0.717, 1.165) is 24.1 Å². The predicted octanol–water partition coefficient (Wildman–Crippen LogP) is 5.53. The smallest absolute Gasteiger partial charge is 0.418 e. The normalized spacial score (nSPS) is 11.6. The van der Waals surface area contributed by atoms with Crippen molar-refractivity contribution in [3.8, 4) is 0 Å². The van der Waals surface area contributed by atoms with Crippen LogP contribution in [0.4, 0.5) is 23.0 Å². The fourth-order valence-corrected chi connectivity index (χ4v) is 2.58. The first-order valence-corrected chi connectivity index (χ1v) is 7.63. The van der Waals surface area contributed by atoms with E-state index < -0.39 is 7.25 Å². The number of halogens is 4. The summed E-state index contributed by atoms with van der Waals surface area (Å²) in [5.74, 6) is 0. The van der Waals surface area contributed by atoms with Crippen LogP contribution in [0.3, 0.4) is 0 Å². The van der Waals surface area contributed by atoms with Crippen LogP contribution in [0, 0.1) is 0 Å². The number of quaternary nitrogens is 1. The number of hydrogen-bond donors (Lipinski definition) is 0. The second kappa shape index (κ2) is 8.72. The molecule has 0 amide bonds. The molecule has 23 heavy (non-hydrogen) atoms. The summed E-state index contributed by atoms with van der Waals surface area (Å²) in [6, 6.07) is 21.6. The zero-order valence-electron chi connectivity index (χ0n) is 13.4. The first-order valence-electron chi connectivity index (χ1n) is 7.63. The molecule has 0 saturated carbocycles. The van der Waals surface area contributed by atoms with Gasteiger partial charge >= 0.3 is 7.25 Å². The first kappa shape index (κ1) is 19.2. The Morgan fingerprint density at radius 3 is 1.52 bits per heavy atom. The van der Waals surface area contributed by atoms with E-state index in [-0.39, 0.29) is 0 Å². The Morgan fingerprint density at radius 2 is 1.13 bits per heavy atom. The van der Waals surface area contributed by atoms with E-state index in [1.807, 2.05) is 0 Å². The van der Waals surface area contributed by atoms with E-state index in [1.165, 1.54) is 11.3 Å². The Labute approximate surface area is 135 Å². The fourth-order valence-electron chi connectivity index (χ4n) is 2.58. The van der Waals surface area contributed by atoms with Crippen molar-refractivity contribution in [1.29, 1.82) is 0 Å². The second-order valence-corrected chi connectivity index (χ2v) is 5.25. The van der Waals surface area contributed by atoms with E-state index >= 15 is 0 Å². The lowest BCUT2D eigenvalue weighted by Crippen LogP contribution is -2.48. The van der Waals surface area contributed by atoms with Gasteiger partial charge in [-0.2, -0.15) is 0 Å². The Morgan fingerprint density at radius 1 is 0.739 bits per heavy atom. The van der Waals surface area contributed by atoms with Gasteiger partial charge in [-0.1, -0.05) is 48.5 Å². The van der Waals surface area contributed by atoms with Crippen molar-refractivity contribution in [2.45, 2.75) is 20.4 Å². The Kier molecular flexibility index (Phi) is 7.29. The molecule has 0 aliphatic rings. The van der Waals surface area contributed by atoms with Crippen LogP contribution < -0.4 is 4.48 Å². The van der Waals surface area contributed by atoms with E-state index in [9.17, 15) is 17.3 Å². The van der Waals surface area contributed by atoms with Crippen LogP contribution in [-0.4, -0.2) is 20.3 Å². The number of benzene rings is 2. The highest BCUT2D eigenvalue weighted by Gasteiger charge is 2.26. The third-order valence-corrected chi connectivity index (χ3v) is 3.84. The average molecular weight is 327 g/mol. The minimum atomic E-state index is -6.00. The minimum Gasteiger partial charge on any atom is -0.418 e. The topological polar surface area (TPSA) is 0 Å². The average Bonchev–Trinajstić information content (AvgIpc) is 2.53. The van der Waals surface area contributed by atoms with Crippen molar-refractivity contribution in [2.75, 3.05) is 13.1 Å². The van der Waals surface area contributed by atoms with Gasteiger partial charge in [0.1, 0.15) is 12.2 Å². The molecule has 6 heteroatoms. The maximum absolute atomic E-state index is 9.75. The van der Waals surface area contributed by atoms with Crippen molar-refractivity contribution in [1.82, 2.24) is 4.48 Å². The van der Waals surface area contributed by atoms with Crippen LogP contribution >= 0.6 is 0 Å². The lowest BCUT2D eigenvalue weighted by atomic mass is 10.1. The maximum Gasteiger partial charge on any atom is 0.673 e. The quantitative estimate of drug-likeness (QED) is 0.385. The molecule has 0 aliphatic carbocycles. The summed E-state index contributed by atoms with van der Waals surface area (Å²) in [6.07, 6.45) is 0. The molecule has 126 valence electrons. The highest BCUT2D eigenvalue weighted by Crippen LogP contribution is 2.25. The largest absolute Gasteiger partial charge is 0.673 e. The van der Waals surface area contributed by atoms with Gasteiger partial charge in [-0.3, -0.25) is 4.48 Å². The molecule has 0 bridgehead atoms. The molecule has 0 aromatic heterocycles. The summed E-state index contributed by atoms with van der Waals surface area (Å²) < 4.78 is 40.0. The molecule has 0 heterocycles. The third-order valence-electron chi connectivity index (χ3n) is 3.84. The van der Waals surface area contributed by atoms with Crippen LogP contribution in [0.5, 0.6) is 0 Å². The third kappa shape index (κ3) is 6.86. The molecular formula is C17H22BF4N. The zero-order valence-corrected chi connectivity index (χ0v) is 13.4. The molecule has 2 rings (SSSR count).